The lowest BCUT2D eigenvalue weighted by Crippen LogP contribution is -2.31. The normalized spacial score (nSPS) is 10.8. The predicted molar refractivity (Wildman–Crippen MR) is 101 cm³/mol. The molecular weight excluding hydrogens is 302 g/mol. The molecule has 0 aromatic heterocycles. The molecule has 0 saturated heterocycles. The fourth-order valence-corrected chi connectivity index (χ4v) is 2.40. The van der Waals surface area contributed by atoms with Gasteiger partial charge in [0, 0.05) is 6.54 Å². The average molecular weight is 319 g/mol. The molecule has 3 aromatic rings. The van der Waals surface area contributed by atoms with Gasteiger partial charge in [0.05, 0.1) is 6.21 Å². The van der Waals surface area contributed by atoms with Crippen LogP contribution in [0.15, 0.2) is 77.9 Å². The number of rotatable bonds is 4. The third kappa shape index (κ3) is 4.37. The lowest BCUT2D eigenvalue weighted by atomic mass is 10.1. The maximum absolute atomic E-state index is 5.21. The molecule has 0 radical (unpaired) electrons. The van der Waals surface area contributed by atoms with Crippen molar-refractivity contribution in [3.05, 3.63) is 83.9 Å². The van der Waals surface area contributed by atoms with Crippen molar-refractivity contribution in [3.63, 3.8) is 0 Å². The summed E-state index contributed by atoms with van der Waals surface area (Å²) in [6, 6.07) is 24.6. The molecular formula is C19H17N3S. The van der Waals surface area contributed by atoms with E-state index in [0.717, 1.165) is 5.56 Å². The van der Waals surface area contributed by atoms with Crippen molar-refractivity contribution in [2.45, 2.75) is 6.54 Å². The summed E-state index contributed by atoms with van der Waals surface area (Å²) in [7, 11) is 0. The zero-order chi connectivity index (χ0) is 15.9. The molecule has 4 heteroatoms. The molecule has 0 aliphatic rings. The largest absolute Gasteiger partial charge is 0.357 e. The third-order valence-corrected chi connectivity index (χ3v) is 3.68. The molecule has 0 spiro atoms. The van der Waals surface area contributed by atoms with Crippen LogP contribution in [-0.4, -0.2) is 11.3 Å². The summed E-state index contributed by atoms with van der Waals surface area (Å²) in [6.07, 6.45) is 1.77. The van der Waals surface area contributed by atoms with E-state index in [9.17, 15) is 0 Å². The van der Waals surface area contributed by atoms with E-state index in [1.54, 1.807) is 6.21 Å². The number of benzene rings is 3. The van der Waals surface area contributed by atoms with Crippen molar-refractivity contribution < 1.29 is 0 Å². The van der Waals surface area contributed by atoms with Gasteiger partial charge in [0.2, 0.25) is 0 Å². The molecule has 0 saturated carbocycles. The van der Waals surface area contributed by atoms with Crippen LogP contribution in [0.2, 0.25) is 0 Å². The topological polar surface area (TPSA) is 36.4 Å². The monoisotopic (exact) mass is 319 g/mol. The standard InChI is InChI=1S/C19H17N3S/c23-19(20-13-15-6-2-1-3-7-15)22-21-14-16-10-11-17-8-4-5-9-18(17)12-16/h1-12,14H,13H2,(H2,20,22,23)/b21-14+. The summed E-state index contributed by atoms with van der Waals surface area (Å²) in [6.45, 7) is 0.679. The van der Waals surface area contributed by atoms with Crippen molar-refractivity contribution in [2.24, 2.45) is 5.10 Å². The minimum Gasteiger partial charge on any atom is -0.357 e. The summed E-state index contributed by atoms with van der Waals surface area (Å²) in [5, 5.41) is 10.2. The van der Waals surface area contributed by atoms with Crippen LogP contribution in [0.25, 0.3) is 10.8 Å². The van der Waals surface area contributed by atoms with E-state index in [1.807, 2.05) is 48.5 Å². The number of nitrogens with zero attached hydrogens (tertiary/aromatic N) is 1. The van der Waals surface area contributed by atoms with Crippen LogP contribution in [0.5, 0.6) is 0 Å². The van der Waals surface area contributed by atoms with Crippen LogP contribution in [0.4, 0.5) is 0 Å². The lowest BCUT2D eigenvalue weighted by Gasteiger charge is -2.06. The van der Waals surface area contributed by atoms with Gasteiger partial charge < -0.3 is 5.32 Å². The van der Waals surface area contributed by atoms with Crippen molar-refractivity contribution in [1.29, 1.82) is 0 Å². The number of hydrogen-bond acceptors (Lipinski definition) is 2. The Kier molecular flexibility index (Phi) is 4.96. The number of hydrazone groups is 1. The van der Waals surface area contributed by atoms with Crippen LogP contribution in [0.1, 0.15) is 11.1 Å². The van der Waals surface area contributed by atoms with Crippen LogP contribution in [-0.2, 0) is 6.54 Å². The predicted octanol–water partition coefficient (Wildman–Crippen LogP) is 3.84. The summed E-state index contributed by atoms with van der Waals surface area (Å²) < 4.78 is 0. The van der Waals surface area contributed by atoms with Crippen LogP contribution >= 0.6 is 12.2 Å². The summed E-state index contributed by atoms with van der Waals surface area (Å²) in [4.78, 5) is 0. The Balaban J connectivity index is 1.54. The van der Waals surface area contributed by atoms with E-state index in [1.165, 1.54) is 16.3 Å². The Hall–Kier alpha value is -2.72. The first-order chi connectivity index (χ1) is 11.3. The SMILES string of the molecule is S=C(NCc1ccccc1)N/N=C/c1ccc2ccccc2c1. The average Bonchev–Trinajstić information content (AvgIpc) is 2.61. The van der Waals surface area contributed by atoms with Gasteiger partial charge in [0.15, 0.2) is 5.11 Å². The van der Waals surface area contributed by atoms with Gasteiger partial charge in [-0.2, -0.15) is 5.10 Å². The molecule has 0 bridgehead atoms. The number of nitrogens with one attached hydrogen (secondary N) is 2. The molecule has 0 amide bonds. The Labute approximate surface area is 141 Å². The molecule has 114 valence electrons. The van der Waals surface area contributed by atoms with E-state index < -0.39 is 0 Å². The van der Waals surface area contributed by atoms with Gasteiger partial charge in [-0.05, 0) is 40.2 Å². The second kappa shape index (κ2) is 7.51. The quantitative estimate of drug-likeness (QED) is 0.436. The first kappa shape index (κ1) is 15.2. The highest BCUT2D eigenvalue weighted by atomic mass is 32.1. The fourth-order valence-electron chi connectivity index (χ4n) is 2.27. The molecule has 0 fully saturated rings. The van der Waals surface area contributed by atoms with Gasteiger partial charge in [-0.1, -0.05) is 66.7 Å². The van der Waals surface area contributed by atoms with E-state index in [0.29, 0.717) is 11.7 Å². The Morgan fingerprint density at radius 2 is 1.65 bits per heavy atom. The van der Waals surface area contributed by atoms with Crippen LogP contribution in [0, 0.1) is 0 Å². The Morgan fingerprint density at radius 1 is 0.913 bits per heavy atom. The molecule has 3 aromatic carbocycles. The van der Waals surface area contributed by atoms with E-state index >= 15 is 0 Å². The zero-order valence-electron chi connectivity index (χ0n) is 12.6. The minimum atomic E-state index is 0.505. The van der Waals surface area contributed by atoms with E-state index in [2.05, 4.69) is 40.1 Å². The number of hydrogen-bond donors (Lipinski definition) is 2. The maximum atomic E-state index is 5.21. The van der Waals surface area contributed by atoms with Crippen molar-refractivity contribution in [3.8, 4) is 0 Å². The second-order valence-corrected chi connectivity index (χ2v) is 5.55. The highest BCUT2D eigenvalue weighted by Gasteiger charge is 1.95. The Bertz CT molecular complexity index is 828. The highest BCUT2D eigenvalue weighted by molar-refractivity contribution is 7.80. The van der Waals surface area contributed by atoms with Gasteiger partial charge in [0.25, 0.3) is 0 Å². The highest BCUT2D eigenvalue weighted by Crippen LogP contribution is 2.14. The zero-order valence-corrected chi connectivity index (χ0v) is 13.4. The number of fused-ring (bicyclic) bond motifs is 1. The third-order valence-electron chi connectivity index (χ3n) is 3.45. The van der Waals surface area contributed by atoms with E-state index in [-0.39, 0.29) is 0 Å². The molecule has 0 atom stereocenters. The fraction of sp³-hybridized carbons (Fsp3) is 0.0526. The molecule has 3 nitrogen and oxygen atoms in total. The number of thiocarbonyl (C=S) groups is 1. The molecule has 0 aliphatic carbocycles. The molecule has 0 unspecified atom stereocenters. The smallest absolute Gasteiger partial charge is 0.187 e. The molecule has 23 heavy (non-hydrogen) atoms. The molecule has 3 rings (SSSR count). The Morgan fingerprint density at radius 3 is 2.48 bits per heavy atom. The van der Waals surface area contributed by atoms with Gasteiger partial charge >= 0.3 is 0 Å². The van der Waals surface area contributed by atoms with Crippen LogP contribution < -0.4 is 10.7 Å². The first-order valence-electron chi connectivity index (χ1n) is 7.41. The van der Waals surface area contributed by atoms with Gasteiger partial charge in [-0.15, -0.1) is 0 Å². The van der Waals surface area contributed by atoms with Crippen LogP contribution in [0.3, 0.4) is 0 Å². The lowest BCUT2D eigenvalue weighted by molar-refractivity contribution is 0.869. The summed E-state index contributed by atoms with van der Waals surface area (Å²) in [5.41, 5.74) is 5.04. The minimum absolute atomic E-state index is 0.505. The summed E-state index contributed by atoms with van der Waals surface area (Å²) in [5.74, 6) is 0. The molecule has 0 heterocycles. The maximum Gasteiger partial charge on any atom is 0.187 e. The first-order valence-corrected chi connectivity index (χ1v) is 7.82. The van der Waals surface area contributed by atoms with E-state index in [4.69, 9.17) is 12.2 Å². The molecule has 0 aliphatic heterocycles. The van der Waals surface area contributed by atoms with Crippen molar-refractivity contribution >= 4 is 34.3 Å². The second-order valence-electron chi connectivity index (χ2n) is 5.14. The molecule has 2 N–H and O–H groups in total. The van der Waals surface area contributed by atoms with Crippen molar-refractivity contribution in [1.82, 2.24) is 10.7 Å². The van der Waals surface area contributed by atoms with Gasteiger partial charge in [0.1, 0.15) is 0 Å². The summed E-state index contributed by atoms with van der Waals surface area (Å²) >= 11 is 5.21. The van der Waals surface area contributed by atoms with Gasteiger partial charge in [-0.25, -0.2) is 0 Å². The van der Waals surface area contributed by atoms with Gasteiger partial charge in [-0.3, -0.25) is 5.43 Å². The van der Waals surface area contributed by atoms with Crippen molar-refractivity contribution in [2.75, 3.05) is 0 Å².